The zero-order valence-electron chi connectivity index (χ0n) is 9.85. The van der Waals surface area contributed by atoms with Gasteiger partial charge in [-0.25, -0.2) is 0 Å². The zero-order chi connectivity index (χ0) is 13.0. The number of Topliss-reactive ketones (excluding diaryl/α,β-unsaturated/α-hetero) is 1. The van der Waals surface area contributed by atoms with E-state index in [4.69, 9.17) is 14.6 Å². The predicted molar refractivity (Wildman–Crippen MR) is 63.2 cm³/mol. The van der Waals surface area contributed by atoms with Gasteiger partial charge in [0.2, 0.25) is 5.78 Å². The van der Waals surface area contributed by atoms with Crippen molar-refractivity contribution in [1.29, 1.82) is 0 Å². The Morgan fingerprint density at radius 1 is 1.39 bits per heavy atom. The van der Waals surface area contributed by atoms with E-state index in [9.17, 15) is 9.59 Å². The van der Waals surface area contributed by atoms with Crippen LogP contribution in [0.4, 0.5) is 0 Å². The highest BCUT2D eigenvalue weighted by molar-refractivity contribution is 6.02. The maximum absolute atomic E-state index is 11.3. The molecule has 0 bridgehead atoms. The lowest BCUT2D eigenvalue weighted by Gasteiger charge is -2.06. The highest BCUT2D eigenvalue weighted by Gasteiger charge is 2.21. The first-order valence-electron chi connectivity index (χ1n) is 5.81. The molecule has 0 unspecified atom stereocenters. The Morgan fingerprint density at radius 3 is 3.00 bits per heavy atom. The van der Waals surface area contributed by atoms with E-state index in [1.165, 1.54) is 0 Å². The fourth-order valence-electron chi connectivity index (χ4n) is 1.73. The molecule has 1 heterocycles. The van der Waals surface area contributed by atoms with Gasteiger partial charge in [0.15, 0.2) is 6.61 Å². The smallest absolute Gasteiger partial charge is 0.303 e. The summed E-state index contributed by atoms with van der Waals surface area (Å²) in [6, 6.07) is 5.11. The van der Waals surface area contributed by atoms with E-state index in [1.807, 2.05) is 0 Å². The van der Waals surface area contributed by atoms with Crippen molar-refractivity contribution in [1.82, 2.24) is 0 Å². The number of carbonyl (C=O) groups is 2. The zero-order valence-corrected chi connectivity index (χ0v) is 9.85. The molecule has 0 aliphatic carbocycles. The average Bonchev–Trinajstić information content (AvgIpc) is 2.70. The first-order valence-corrected chi connectivity index (χ1v) is 5.81. The van der Waals surface area contributed by atoms with Crippen LogP contribution >= 0.6 is 0 Å². The van der Waals surface area contributed by atoms with Gasteiger partial charge in [0.25, 0.3) is 0 Å². The number of hydrogen-bond donors (Lipinski definition) is 1. The highest BCUT2D eigenvalue weighted by Crippen LogP contribution is 2.29. The fourth-order valence-corrected chi connectivity index (χ4v) is 1.73. The standard InChI is InChI=1S/C13H14O5/c14-11-8-18-12-7-9(4-5-10(11)12)17-6-2-1-3-13(15)16/h4-5,7H,1-3,6,8H2,(H,15,16). The third-order valence-corrected chi connectivity index (χ3v) is 2.67. The molecule has 0 saturated carbocycles. The second-order valence-electron chi connectivity index (χ2n) is 4.07. The van der Waals surface area contributed by atoms with Crippen LogP contribution in [-0.4, -0.2) is 30.1 Å². The SMILES string of the molecule is O=C(O)CCCCOc1ccc2c(c1)OCC2=O. The summed E-state index contributed by atoms with van der Waals surface area (Å²) in [6.45, 7) is 0.553. The molecular weight excluding hydrogens is 236 g/mol. The van der Waals surface area contributed by atoms with Crippen molar-refractivity contribution in [2.45, 2.75) is 19.3 Å². The lowest BCUT2D eigenvalue weighted by atomic mass is 10.1. The summed E-state index contributed by atoms with van der Waals surface area (Å²) in [5, 5.41) is 8.47. The Balaban J connectivity index is 1.80. The van der Waals surface area contributed by atoms with Gasteiger partial charge in [0.05, 0.1) is 12.2 Å². The Morgan fingerprint density at radius 2 is 2.22 bits per heavy atom. The molecule has 0 saturated heterocycles. The number of ketones is 1. The van der Waals surface area contributed by atoms with Gasteiger partial charge in [-0.3, -0.25) is 9.59 Å². The van der Waals surface area contributed by atoms with E-state index in [0.717, 1.165) is 0 Å². The molecule has 1 aromatic rings. The number of benzene rings is 1. The number of unbranched alkanes of at least 4 members (excludes halogenated alkanes) is 1. The summed E-state index contributed by atoms with van der Waals surface area (Å²) in [7, 11) is 0. The largest absolute Gasteiger partial charge is 0.493 e. The summed E-state index contributed by atoms with van der Waals surface area (Å²) in [6.07, 6.45) is 1.43. The number of aliphatic carboxylic acids is 1. The van der Waals surface area contributed by atoms with Crippen LogP contribution in [0, 0.1) is 0 Å². The minimum absolute atomic E-state index is 0.0157. The Hall–Kier alpha value is -2.04. The molecule has 1 aliphatic rings. The number of carboxylic acids is 1. The van der Waals surface area contributed by atoms with Crippen molar-refractivity contribution >= 4 is 11.8 Å². The van der Waals surface area contributed by atoms with Crippen LogP contribution in [0.5, 0.6) is 11.5 Å². The Labute approximate surface area is 104 Å². The molecule has 1 aliphatic heterocycles. The van der Waals surface area contributed by atoms with Crippen LogP contribution in [0.1, 0.15) is 29.6 Å². The van der Waals surface area contributed by atoms with Crippen molar-refractivity contribution in [2.75, 3.05) is 13.2 Å². The number of rotatable bonds is 6. The molecular formula is C13H14O5. The van der Waals surface area contributed by atoms with Crippen molar-refractivity contribution in [3.05, 3.63) is 23.8 Å². The number of fused-ring (bicyclic) bond motifs is 1. The van der Waals surface area contributed by atoms with Crippen molar-refractivity contribution in [3.63, 3.8) is 0 Å². The van der Waals surface area contributed by atoms with E-state index in [1.54, 1.807) is 18.2 Å². The molecule has 18 heavy (non-hydrogen) atoms. The molecule has 1 N–H and O–H groups in total. The van der Waals surface area contributed by atoms with Crippen LogP contribution in [0.15, 0.2) is 18.2 Å². The van der Waals surface area contributed by atoms with Crippen LogP contribution in [0.2, 0.25) is 0 Å². The number of ether oxygens (including phenoxy) is 2. The number of hydrogen-bond acceptors (Lipinski definition) is 4. The van der Waals surface area contributed by atoms with E-state index in [0.29, 0.717) is 36.5 Å². The molecule has 2 rings (SSSR count). The molecule has 0 aromatic heterocycles. The highest BCUT2D eigenvalue weighted by atomic mass is 16.5. The van der Waals surface area contributed by atoms with E-state index in [-0.39, 0.29) is 18.8 Å². The number of carbonyl (C=O) groups excluding carboxylic acids is 1. The molecule has 96 valence electrons. The maximum Gasteiger partial charge on any atom is 0.303 e. The Kier molecular flexibility index (Phi) is 3.82. The minimum atomic E-state index is -0.792. The molecule has 5 nitrogen and oxygen atoms in total. The normalized spacial score (nSPS) is 13.0. The van der Waals surface area contributed by atoms with Crippen LogP contribution in [0.25, 0.3) is 0 Å². The first kappa shape index (κ1) is 12.4. The Bertz CT molecular complexity index is 466. The van der Waals surface area contributed by atoms with Gasteiger partial charge >= 0.3 is 5.97 Å². The van der Waals surface area contributed by atoms with Crippen molar-refractivity contribution in [2.24, 2.45) is 0 Å². The summed E-state index contributed by atoms with van der Waals surface area (Å²) < 4.78 is 10.7. The van der Waals surface area contributed by atoms with Crippen LogP contribution in [0.3, 0.4) is 0 Å². The predicted octanol–water partition coefficient (Wildman–Crippen LogP) is 1.90. The van der Waals surface area contributed by atoms with E-state index in [2.05, 4.69) is 0 Å². The molecule has 0 fully saturated rings. The lowest BCUT2D eigenvalue weighted by molar-refractivity contribution is -0.137. The fraction of sp³-hybridized carbons (Fsp3) is 0.385. The van der Waals surface area contributed by atoms with Gasteiger partial charge in [-0.05, 0) is 25.0 Å². The van der Waals surface area contributed by atoms with Crippen molar-refractivity contribution in [3.8, 4) is 11.5 Å². The molecule has 1 aromatic carbocycles. The molecule has 0 atom stereocenters. The average molecular weight is 250 g/mol. The number of carboxylic acid groups (broad SMARTS) is 1. The summed E-state index contributed by atoms with van der Waals surface area (Å²) in [4.78, 5) is 21.6. The topological polar surface area (TPSA) is 72.8 Å². The quantitative estimate of drug-likeness (QED) is 0.780. The minimum Gasteiger partial charge on any atom is -0.493 e. The van der Waals surface area contributed by atoms with E-state index >= 15 is 0 Å². The third-order valence-electron chi connectivity index (χ3n) is 2.67. The first-order chi connectivity index (χ1) is 8.66. The molecule has 5 heteroatoms. The van der Waals surface area contributed by atoms with Gasteiger partial charge in [0.1, 0.15) is 11.5 Å². The van der Waals surface area contributed by atoms with Gasteiger partial charge in [-0.15, -0.1) is 0 Å². The second-order valence-corrected chi connectivity index (χ2v) is 4.07. The monoisotopic (exact) mass is 250 g/mol. The van der Waals surface area contributed by atoms with Crippen LogP contribution in [-0.2, 0) is 4.79 Å². The van der Waals surface area contributed by atoms with Crippen molar-refractivity contribution < 1.29 is 24.2 Å². The van der Waals surface area contributed by atoms with Gasteiger partial charge in [-0.2, -0.15) is 0 Å². The summed E-state index contributed by atoms with van der Waals surface area (Å²) in [5.41, 5.74) is 0.591. The van der Waals surface area contributed by atoms with E-state index < -0.39 is 5.97 Å². The van der Waals surface area contributed by atoms with Gasteiger partial charge < -0.3 is 14.6 Å². The lowest BCUT2D eigenvalue weighted by Crippen LogP contribution is -2.00. The molecule has 0 spiro atoms. The summed E-state index contributed by atoms with van der Waals surface area (Å²) >= 11 is 0. The third kappa shape index (κ3) is 3.00. The maximum atomic E-state index is 11.3. The van der Waals surface area contributed by atoms with Gasteiger partial charge in [-0.1, -0.05) is 0 Å². The second kappa shape index (κ2) is 5.53. The summed E-state index contributed by atoms with van der Waals surface area (Å²) in [5.74, 6) is 0.388. The molecule has 0 amide bonds. The molecule has 0 radical (unpaired) electrons. The van der Waals surface area contributed by atoms with Crippen LogP contribution < -0.4 is 9.47 Å². The van der Waals surface area contributed by atoms with Gasteiger partial charge in [0, 0.05) is 12.5 Å².